The number of nitrogens with zero attached hydrogens (tertiary/aromatic N) is 3. The van der Waals surface area contributed by atoms with Crippen LogP contribution < -0.4 is 5.43 Å². The third-order valence-electron chi connectivity index (χ3n) is 3.73. The molecule has 0 unspecified atom stereocenters. The van der Waals surface area contributed by atoms with Crippen LogP contribution in [0.5, 0.6) is 0 Å². The van der Waals surface area contributed by atoms with E-state index in [2.05, 4.69) is 69.9 Å². The van der Waals surface area contributed by atoms with Gasteiger partial charge < -0.3 is 0 Å². The van der Waals surface area contributed by atoms with Gasteiger partial charge in [0, 0.05) is 21.1 Å². The van der Waals surface area contributed by atoms with Gasteiger partial charge in [0.1, 0.15) is 11.2 Å². The van der Waals surface area contributed by atoms with Crippen LogP contribution in [0.15, 0.2) is 60.0 Å². The van der Waals surface area contributed by atoms with Crippen LogP contribution in [0.3, 0.4) is 0 Å². The van der Waals surface area contributed by atoms with E-state index in [1.54, 1.807) is 29.0 Å². The number of rotatable bonds is 5. The summed E-state index contributed by atoms with van der Waals surface area (Å²) in [7, 11) is 0. The van der Waals surface area contributed by atoms with E-state index >= 15 is 0 Å². The first kappa shape index (κ1) is 15.9. The SMILES string of the molecule is Cc1ccc(C=NNc2ncnc3sc(Cc4ccccc4)cc23)s1. The summed E-state index contributed by atoms with van der Waals surface area (Å²) in [5, 5.41) is 5.33. The van der Waals surface area contributed by atoms with Crippen molar-refractivity contribution in [2.75, 3.05) is 5.43 Å². The fourth-order valence-corrected chi connectivity index (χ4v) is 4.34. The summed E-state index contributed by atoms with van der Waals surface area (Å²) in [6, 6.07) is 16.8. The van der Waals surface area contributed by atoms with Gasteiger partial charge in [-0.25, -0.2) is 9.97 Å². The van der Waals surface area contributed by atoms with Gasteiger partial charge >= 0.3 is 0 Å². The van der Waals surface area contributed by atoms with Gasteiger partial charge in [-0.2, -0.15) is 5.10 Å². The van der Waals surface area contributed by atoms with E-state index in [0.717, 1.165) is 27.3 Å². The van der Waals surface area contributed by atoms with E-state index in [9.17, 15) is 0 Å². The average molecular weight is 364 g/mol. The minimum atomic E-state index is 0.741. The first-order valence-corrected chi connectivity index (χ1v) is 9.54. The molecule has 0 amide bonds. The number of fused-ring (bicyclic) bond motifs is 1. The van der Waals surface area contributed by atoms with Crippen LogP contribution >= 0.6 is 22.7 Å². The summed E-state index contributed by atoms with van der Waals surface area (Å²) in [6.45, 7) is 2.09. The van der Waals surface area contributed by atoms with Crippen LogP contribution in [0.25, 0.3) is 10.2 Å². The van der Waals surface area contributed by atoms with E-state index in [1.807, 2.05) is 12.3 Å². The third-order valence-corrected chi connectivity index (χ3v) is 5.70. The molecule has 0 atom stereocenters. The van der Waals surface area contributed by atoms with E-state index in [1.165, 1.54) is 15.3 Å². The molecule has 0 radical (unpaired) electrons. The fourth-order valence-electron chi connectivity index (χ4n) is 2.56. The Balaban J connectivity index is 1.56. The molecular weight excluding hydrogens is 348 g/mol. The van der Waals surface area contributed by atoms with Crippen LogP contribution in [-0.4, -0.2) is 16.2 Å². The Kier molecular flexibility index (Phi) is 4.54. The second-order valence-corrected chi connectivity index (χ2v) is 8.07. The van der Waals surface area contributed by atoms with E-state index in [0.29, 0.717) is 0 Å². The van der Waals surface area contributed by atoms with Gasteiger partial charge in [0.25, 0.3) is 0 Å². The van der Waals surface area contributed by atoms with Gasteiger partial charge in [-0.15, -0.1) is 22.7 Å². The van der Waals surface area contributed by atoms with Crippen molar-refractivity contribution in [1.29, 1.82) is 0 Å². The van der Waals surface area contributed by atoms with Gasteiger partial charge in [-0.1, -0.05) is 30.3 Å². The number of anilines is 1. The highest BCUT2D eigenvalue weighted by molar-refractivity contribution is 7.18. The van der Waals surface area contributed by atoms with Crippen LogP contribution in [0.2, 0.25) is 0 Å². The number of hydrazone groups is 1. The maximum atomic E-state index is 4.39. The average Bonchev–Trinajstić information content (AvgIpc) is 3.22. The summed E-state index contributed by atoms with van der Waals surface area (Å²) in [4.78, 5) is 13.4. The molecule has 0 spiro atoms. The Labute approximate surface area is 153 Å². The minimum Gasteiger partial charge on any atom is -0.261 e. The monoisotopic (exact) mass is 364 g/mol. The number of aromatic nitrogens is 2. The minimum absolute atomic E-state index is 0.741. The standard InChI is InChI=1S/C19H16N4S2/c1-13-7-8-15(24-13)11-22-23-18-17-10-16(25-19(17)21-12-20-18)9-14-5-3-2-4-6-14/h2-8,10-12H,9H2,1H3,(H,20,21,23). The molecule has 0 aliphatic rings. The number of hydrogen-bond acceptors (Lipinski definition) is 6. The Morgan fingerprint density at radius 3 is 2.76 bits per heavy atom. The lowest BCUT2D eigenvalue weighted by molar-refractivity contribution is 1.19. The number of benzene rings is 1. The highest BCUT2D eigenvalue weighted by Gasteiger charge is 2.09. The van der Waals surface area contributed by atoms with Crippen molar-refractivity contribution < 1.29 is 0 Å². The zero-order valence-electron chi connectivity index (χ0n) is 13.6. The van der Waals surface area contributed by atoms with E-state index < -0.39 is 0 Å². The van der Waals surface area contributed by atoms with Crippen LogP contribution in [-0.2, 0) is 6.42 Å². The van der Waals surface area contributed by atoms with Gasteiger partial charge in [0.2, 0.25) is 0 Å². The first-order valence-electron chi connectivity index (χ1n) is 7.91. The number of aryl methyl sites for hydroxylation is 1. The van der Waals surface area contributed by atoms with Crippen molar-refractivity contribution in [3.63, 3.8) is 0 Å². The first-order chi connectivity index (χ1) is 12.3. The Bertz CT molecular complexity index is 1020. The Morgan fingerprint density at radius 1 is 1.08 bits per heavy atom. The smallest absolute Gasteiger partial charge is 0.158 e. The van der Waals surface area contributed by atoms with Crippen molar-refractivity contribution in [3.05, 3.63) is 75.1 Å². The lowest BCUT2D eigenvalue weighted by atomic mass is 10.1. The molecule has 4 aromatic rings. The molecule has 0 aliphatic carbocycles. The maximum Gasteiger partial charge on any atom is 0.158 e. The topological polar surface area (TPSA) is 50.2 Å². The molecule has 0 saturated carbocycles. The second-order valence-electron chi connectivity index (χ2n) is 5.63. The molecule has 0 fully saturated rings. The molecule has 3 aromatic heterocycles. The van der Waals surface area contributed by atoms with E-state index in [-0.39, 0.29) is 0 Å². The van der Waals surface area contributed by atoms with E-state index in [4.69, 9.17) is 0 Å². The summed E-state index contributed by atoms with van der Waals surface area (Å²) in [5.41, 5.74) is 4.35. The molecule has 25 heavy (non-hydrogen) atoms. The van der Waals surface area contributed by atoms with Crippen LogP contribution in [0.1, 0.15) is 20.2 Å². The largest absolute Gasteiger partial charge is 0.261 e. The molecule has 0 saturated heterocycles. The van der Waals surface area contributed by atoms with Crippen molar-refractivity contribution in [1.82, 2.24) is 9.97 Å². The summed E-state index contributed by atoms with van der Waals surface area (Å²) >= 11 is 3.41. The normalized spacial score (nSPS) is 11.4. The molecule has 0 aliphatic heterocycles. The molecule has 1 aromatic carbocycles. The zero-order chi connectivity index (χ0) is 17.1. The number of hydrogen-bond donors (Lipinski definition) is 1. The molecule has 4 rings (SSSR count). The van der Waals surface area contributed by atoms with Crippen LogP contribution in [0.4, 0.5) is 5.82 Å². The fraction of sp³-hybridized carbons (Fsp3) is 0.105. The molecular formula is C19H16N4S2. The van der Waals surface area contributed by atoms with Crippen molar-refractivity contribution in [2.24, 2.45) is 5.10 Å². The lowest BCUT2D eigenvalue weighted by Gasteiger charge is -1.99. The molecule has 6 heteroatoms. The number of thiophene rings is 2. The van der Waals surface area contributed by atoms with Crippen molar-refractivity contribution >= 4 is 44.9 Å². The van der Waals surface area contributed by atoms with Gasteiger partial charge in [0.05, 0.1) is 11.6 Å². The molecule has 3 heterocycles. The van der Waals surface area contributed by atoms with Crippen molar-refractivity contribution in [3.8, 4) is 0 Å². The highest BCUT2D eigenvalue weighted by Crippen LogP contribution is 2.29. The van der Waals surface area contributed by atoms with Gasteiger partial charge in [0.15, 0.2) is 5.82 Å². The predicted molar refractivity (Wildman–Crippen MR) is 107 cm³/mol. The zero-order valence-corrected chi connectivity index (χ0v) is 15.3. The van der Waals surface area contributed by atoms with Crippen LogP contribution in [0, 0.1) is 6.92 Å². The van der Waals surface area contributed by atoms with Gasteiger partial charge in [-0.05, 0) is 30.7 Å². The Hall–Kier alpha value is -2.57. The highest BCUT2D eigenvalue weighted by atomic mass is 32.1. The maximum absolute atomic E-state index is 4.39. The molecule has 4 nitrogen and oxygen atoms in total. The molecule has 0 bridgehead atoms. The van der Waals surface area contributed by atoms with Gasteiger partial charge in [-0.3, -0.25) is 5.43 Å². The molecule has 124 valence electrons. The second kappa shape index (κ2) is 7.13. The number of nitrogens with one attached hydrogen (secondary N) is 1. The quantitative estimate of drug-likeness (QED) is 0.396. The third kappa shape index (κ3) is 3.75. The lowest BCUT2D eigenvalue weighted by Crippen LogP contribution is -1.93. The summed E-state index contributed by atoms with van der Waals surface area (Å²) in [6.07, 6.45) is 4.31. The Morgan fingerprint density at radius 2 is 1.96 bits per heavy atom. The summed E-state index contributed by atoms with van der Waals surface area (Å²) in [5.74, 6) is 0.741. The molecule has 1 N–H and O–H groups in total. The predicted octanol–water partition coefficient (Wildman–Crippen LogP) is 5.10. The van der Waals surface area contributed by atoms with Crippen molar-refractivity contribution in [2.45, 2.75) is 13.3 Å². The summed E-state index contributed by atoms with van der Waals surface area (Å²) < 4.78 is 0.